The van der Waals surface area contributed by atoms with Crippen molar-refractivity contribution < 1.29 is 15.0 Å². The highest BCUT2D eigenvalue weighted by Gasteiger charge is 2.26. The van der Waals surface area contributed by atoms with Gasteiger partial charge in [0.1, 0.15) is 6.10 Å². The molecule has 0 aromatic carbocycles. The topological polar surface area (TPSA) is 101 Å². The third kappa shape index (κ3) is 2.40. The lowest BCUT2D eigenvalue weighted by molar-refractivity contribution is -0.132. The average Bonchev–Trinajstić information content (AvgIpc) is 2.59. The minimum atomic E-state index is -1.60. The molecule has 4 N–H and O–H groups in total. The zero-order chi connectivity index (χ0) is 12.3. The van der Waals surface area contributed by atoms with Gasteiger partial charge in [0.2, 0.25) is 5.91 Å². The number of hydrogen-bond acceptors (Lipinski definition) is 4. The molecular formula is C10H17N3O3. The van der Waals surface area contributed by atoms with Crippen LogP contribution in [0.4, 0.5) is 0 Å². The van der Waals surface area contributed by atoms with Crippen molar-refractivity contribution in [3.05, 3.63) is 17.5 Å². The maximum Gasteiger partial charge on any atom is 0.249 e. The minimum Gasteiger partial charge on any atom is -0.385 e. The van der Waals surface area contributed by atoms with Crippen LogP contribution in [0.25, 0.3) is 0 Å². The van der Waals surface area contributed by atoms with Crippen LogP contribution in [0.5, 0.6) is 0 Å². The number of hydrogen-bond donors (Lipinski definition) is 3. The normalized spacial score (nSPS) is 14.8. The maximum atomic E-state index is 10.7. The van der Waals surface area contributed by atoms with Crippen molar-refractivity contribution in [1.82, 2.24) is 9.78 Å². The fourth-order valence-corrected chi connectivity index (χ4v) is 1.51. The molecule has 90 valence electrons. The van der Waals surface area contributed by atoms with Crippen molar-refractivity contribution in [2.75, 3.05) is 0 Å². The van der Waals surface area contributed by atoms with Gasteiger partial charge >= 0.3 is 0 Å². The summed E-state index contributed by atoms with van der Waals surface area (Å²) in [6.45, 7) is 4.51. The SMILES string of the molecule is CCCn1ncc(C(O)C(O)C(N)=O)c1C. The number of carbonyl (C=O) groups excluding carboxylic acids is 1. The van der Waals surface area contributed by atoms with E-state index >= 15 is 0 Å². The van der Waals surface area contributed by atoms with Crippen molar-refractivity contribution in [2.45, 2.75) is 39.0 Å². The molecule has 6 heteroatoms. The number of aliphatic hydroxyl groups excluding tert-OH is 2. The van der Waals surface area contributed by atoms with Gasteiger partial charge in [-0.15, -0.1) is 0 Å². The first-order chi connectivity index (χ1) is 7.49. The van der Waals surface area contributed by atoms with Gasteiger partial charge in [-0.2, -0.15) is 5.10 Å². The molecule has 1 aromatic rings. The first kappa shape index (κ1) is 12.7. The third-order valence-electron chi connectivity index (χ3n) is 2.49. The molecule has 16 heavy (non-hydrogen) atoms. The number of aromatic nitrogens is 2. The fraction of sp³-hybridized carbons (Fsp3) is 0.600. The number of amides is 1. The number of nitrogens with zero attached hydrogens (tertiary/aromatic N) is 2. The van der Waals surface area contributed by atoms with Gasteiger partial charge in [0, 0.05) is 17.8 Å². The van der Waals surface area contributed by atoms with Gasteiger partial charge in [0.15, 0.2) is 6.10 Å². The molecule has 0 radical (unpaired) electrons. The Morgan fingerprint density at radius 3 is 2.75 bits per heavy atom. The van der Waals surface area contributed by atoms with E-state index in [2.05, 4.69) is 5.10 Å². The van der Waals surface area contributed by atoms with E-state index in [0.29, 0.717) is 5.56 Å². The highest BCUT2D eigenvalue weighted by molar-refractivity contribution is 5.79. The first-order valence-corrected chi connectivity index (χ1v) is 5.16. The summed E-state index contributed by atoms with van der Waals surface area (Å²) >= 11 is 0. The Morgan fingerprint density at radius 1 is 1.62 bits per heavy atom. The zero-order valence-electron chi connectivity index (χ0n) is 9.42. The van der Waals surface area contributed by atoms with Crippen molar-refractivity contribution >= 4 is 5.91 Å². The van der Waals surface area contributed by atoms with Crippen LogP contribution >= 0.6 is 0 Å². The standard InChI is InChI=1S/C10H17N3O3/c1-3-4-13-6(2)7(5-12-13)8(14)9(15)10(11)16/h5,8-9,14-15H,3-4H2,1-2H3,(H2,11,16). The fourth-order valence-electron chi connectivity index (χ4n) is 1.51. The molecule has 0 aliphatic carbocycles. The van der Waals surface area contributed by atoms with Gasteiger partial charge in [-0.3, -0.25) is 9.48 Å². The second kappa shape index (κ2) is 5.09. The Labute approximate surface area is 93.7 Å². The monoisotopic (exact) mass is 227 g/mol. The third-order valence-corrected chi connectivity index (χ3v) is 2.49. The van der Waals surface area contributed by atoms with Gasteiger partial charge in [-0.25, -0.2) is 0 Å². The number of nitrogens with two attached hydrogens (primary N) is 1. The Kier molecular flexibility index (Phi) is 4.03. The van der Waals surface area contributed by atoms with E-state index in [0.717, 1.165) is 18.7 Å². The lowest BCUT2D eigenvalue weighted by atomic mass is 10.1. The molecule has 6 nitrogen and oxygen atoms in total. The molecule has 1 aromatic heterocycles. The van der Waals surface area contributed by atoms with Crippen LogP contribution in [0.1, 0.15) is 30.7 Å². The molecule has 1 amide bonds. The smallest absolute Gasteiger partial charge is 0.249 e. The van der Waals surface area contributed by atoms with Gasteiger partial charge in [-0.1, -0.05) is 6.92 Å². The zero-order valence-corrected chi connectivity index (χ0v) is 9.42. The highest BCUT2D eigenvalue weighted by atomic mass is 16.3. The Balaban J connectivity index is 2.92. The van der Waals surface area contributed by atoms with Crippen molar-refractivity contribution in [3.8, 4) is 0 Å². The van der Waals surface area contributed by atoms with Crippen LogP contribution in [0.2, 0.25) is 0 Å². The van der Waals surface area contributed by atoms with Gasteiger partial charge in [0.05, 0.1) is 6.20 Å². The molecule has 0 aliphatic rings. The van der Waals surface area contributed by atoms with E-state index in [1.807, 2.05) is 6.92 Å². The second-order valence-electron chi connectivity index (χ2n) is 3.70. The van der Waals surface area contributed by atoms with E-state index in [4.69, 9.17) is 5.73 Å². The van der Waals surface area contributed by atoms with Gasteiger partial charge < -0.3 is 15.9 Å². The van der Waals surface area contributed by atoms with Crippen molar-refractivity contribution in [3.63, 3.8) is 0 Å². The number of rotatable bonds is 5. The highest BCUT2D eigenvalue weighted by Crippen LogP contribution is 2.20. The Morgan fingerprint density at radius 2 is 2.25 bits per heavy atom. The summed E-state index contributed by atoms with van der Waals surface area (Å²) in [4.78, 5) is 10.7. The summed E-state index contributed by atoms with van der Waals surface area (Å²) in [7, 11) is 0. The van der Waals surface area contributed by atoms with Crippen LogP contribution in [0, 0.1) is 6.92 Å². The lowest BCUT2D eigenvalue weighted by Gasteiger charge is -2.14. The van der Waals surface area contributed by atoms with Gasteiger partial charge in [-0.05, 0) is 13.3 Å². The summed E-state index contributed by atoms with van der Waals surface area (Å²) in [5.41, 5.74) is 6.08. The maximum absolute atomic E-state index is 10.7. The Bertz CT molecular complexity index is 375. The molecular weight excluding hydrogens is 210 g/mol. The molecule has 0 fully saturated rings. The van der Waals surface area contributed by atoms with Crippen LogP contribution in [-0.2, 0) is 11.3 Å². The number of primary amides is 1. The van der Waals surface area contributed by atoms with Gasteiger partial charge in [0.25, 0.3) is 0 Å². The number of aryl methyl sites for hydroxylation is 1. The van der Waals surface area contributed by atoms with Crippen LogP contribution < -0.4 is 5.73 Å². The van der Waals surface area contributed by atoms with E-state index in [-0.39, 0.29) is 0 Å². The summed E-state index contributed by atoms with van der Waals surface area (Å²) in [5, 5.41) is 23.1. The summed E-state index contributed by atoms with van der Waals surface area (Å²) in [5.74, 6) is -0.949. The van der Waals surface area contributed by atoms with E-state index in [1.54, 1.807) is 11.6 Å². The lowest BCUT2D eigenvalue weighted by Crippen LogP contribution is -2.34. The summed E-state index contributed by atoms with van der Waals surface area (Å²) in [6.07, 6.45) is -0.556. The average molecular weight is 227 g/mol. The Hall–Kier alpha value is -1.40. The molecule has 0 saturated heterocycles. The number of aliphatic hydroxyl groups is 2. The van der Waals surface area contributed by atoms with Crippen LogP contribution in [-0.4, -0.2) is 32.0 Å². The predicted molar refractivity (Wildman–Crippen MR) is 57.4 cm³/mol. The molecule has 0 saturated carbocycles. The summed E-state index contributed by atoms with van der Waals surface area (Å²) in [6, 6.07) is 0. The van der Waals surface area contributed by atoms with Crippen molar-refractivity contribution in [2.24, 2.45) is 5.73 Å². The van der Waals surface area contributed by atoms with E-state index in [9.17, 15) is 15.0 Å². The van der Waals surface area contributed by atoms with Crippen LogP contribution in [0.15, 0.2) is 6.20 Å². The molecule has 0 bridgehead atoms. The predicted octanol–water partition coefficient (Wildman–Crippen LogP) is -0.519. The quantitative estimate of drug-likeness (QED) is 0.630. The molecule has 2 unspecified atom stereocenters. The molecule has 1 heterocycles. The molecule has 0 spiro atoms. The van der Waals surface area contributed by atoms with Crippen molar-refractivity contribution in [1.29, 1.82) is 0 Å². The molecule has 1 rings (SSSR count). The minimum absolute atomic E-state index is 0.430. The summed E-state index contributed by atoms with van der Waals surface area (Å²) < 4.78 is 1.71. The van der Waals surface area contributed by atoms with Crippen LogP contribution in [0.3, 0.4) is 0 Å². The second-order valence-corrected chi connectivity index (χ2v) is 3.70. The van der Waals surface area contributed by atoms with E-state index in [1.165, 1.54) is 6.20 Å². The van der Waals surface area contributed by atoms with E-state index < -0.39 is 18.1 Å². The largest absolute Gasteiger partial charge is 0.385 e. The molecule has 2 atom stereocenters. The first-order valence-electron chi connectivity index (χ1n) is 5.16. The number of carbonyl (C=O) groups is 1. The molecule has 0 aliphatic heterocycles.